The molecule has 0 bridgehead atoms. The van der Waals surface area contributed by atoms with Crippen molar-refractivity contribution in [3.8, 4) is 0 Å². The second kappa shape index (κ2) is 9.48. The molecule has 0 saturated heterocycles. The van der Waals surface area contributed by atoms with Gasteiger partial charge in [0.25, 0.3) is 5.91 Å². The second-order valence-corrected chi connectivity index (χ2v) is 9.37. The van der Waals surface area contributed by atoms with Gasteiger partial charge >= 0.3 is 5.97 Å². The van der Waals surface area contributed by atoms with Crippen LogP contribution in [0.2, 0.25) is 0 Å². The minimum atomic E-state index is -1.10. The molecule has 168 valence electrons. The predicted octanol–water partition coefficient (Wildman–Crippen LogP) is 5.12. The van der Waals surface area contributed by atoms with Gasteiger partial charge in [-0.3, -0.25) is 9.59 Å². The number of amides is 1. The van der Waals surface area contributed by atoms with Crippen LogP contribution < -0.4 is 10.2 Å². The largest absolute Gasteiger partial charge is 0.480 e. The van der Waals surface area contributed by atoms with Gasteiger partial charge in [-0.05, 0) is 36.8 Å². The molecule has 0 radical (unpaired) electrons. The first-order valence-corrected chi connectivity index (χ1v) is 11.0. The Morgan fingerprint density at radius 1 is 1.16 bits per heavy atom. The van der Waals surface area contributed by atoms with Gasteiger partial charge < -0.3 is 15.3 Å². The van der Waals surface area contributed by atoms with Crippen LogP contribution >= 0.6 is 11.3 Å². The molecule has 3 rings (SSSR count). The molecule has 0 aliphatic rings. The molecule has 1 unspecified atom stereocenters. The number of para-hydroxylation sites is 1. The molecule has 0 fully saturated rings. The minimum Gasteiger partial charge on any atom is -0.480 e. The summed E-state index contributed by atoms with van der Waals surface area (Å²) in [6, 6.07) is 12.4. The molecule has 0 saturated carbocycles. The van der Waals surface area contributed by atoms with E-state index in [2.05, 4.69) is 26.1 Å². The lowest BCUT2D eigenvalue weighted by molar-refractivity contribution is -0.138. The Kier molecular flexibility index (Phi) is 6.93. The third-order valence-electron chi connectivity index (χ3n) is 4.91. The maximum Gasteiger partial charge on any atom is 0.325 e. The Morgan fingerprint density at radius 3 is 2.38 bits per heavy atom. The molecular weight excluding hydrogens is 429 g/mol. The van der Waals surface area contributed by atoms with E-state index in [-0.39, 0.29) is 11.2 Å². The zero-order chi connectivity index (χ0) is 23.5. The van der Waals surface area contributed by atoms with Crippen molar-refractivity contribution in [1.29, 1.82) is 0 Å². The number of hydrogen-bond acceptors (Lipinski definition) is 5. The quantitative estimate of drug-likeness (QED) is 0.517. The number of carboxylic acids is 1. The average Bonchev–Trinajstić information content (AvgIpc) is 3.23. The third-order valence-corrected chi connectivity index (χ3v) is 5.77. The van der Waals surface area contributed by atoms with Crippen LogP contribution in [0.15, 0.2) is 53.9 Å². The highest BCUT2D eigenvalue weighted by molar-refractivity contribution is 7.13. The van der Waals surface area contributed by atoms with Crippen molar-refractivity contribution in [2.45, 2.75) is 45.7 Å². The van der Waals surface area contributed by atoms with E-state index in [1.54, 1.807) is 42.5 Å². The monoisotopic (exact) mass is 455 g/mol. The fourth-order valence-corrected chi connectivity index (χ4v) is 4.01. The second-order valence-electron chi connectivity index (χ2n) is 8.53. The van der Waals surface area contributed by atoms with Crippen LogP contribution in [0.25, 0.3) is 0 Å². The fourth-order valence-electron chi connectivity index (χ4n) is 2.95. The molecular formula is C24H26FN3O3S. The smallest absolute Gasteiger partial charge is 0.325 e. The van der Waals surface area contributed by atoms with Gasteiger partial charge in [0.1, 0.15) is 11.9 Å². The van der Waals surface area contributed by atoms with Crippen LogP contribution in [-0.2, 0) is 16.8 Å². The summed E-state index contributed by atoms with van der Waals surface area (Å²) >= 11 is 1.45. The normalized spacial score (nSPS) is 12.3. The summed E-state index contributed by atoms with van der Waals surface area (Å²) in [5, 5.41) is 14.0. The van der Waals surface area contributed by atoms with Gasteiger partial charge in [-0.25, -0.2) is 9.37 Å². The molecule has 0 aliphatic carbocycles. The highest BCUT2D eigenvalue weighted by Crippen LogP contribution is 2.35. The molecule has 1 heterocycles. The number of carboxylic acid groups (broad SMARTS) is 1. The number of nitrogens with zero attached hydrogens (tertiary/aromatic N) is 2. The predicted molar refractivity (Wildman–Crippen MR) is 124 cm³/mol. The molecule has 8 heteroatoms. The lowest BCUT2D eigenvalue weighted by Crippen LogP contribution is -2.38. The molecule has 1 amide bonds. The van der Waals surface area contributed by atoms with Crippen molar-refractivity contribution in [1.82, 2.24) is 10.3 Å². The van der Waals surface area contributed by atoms with Crippen LogP contribution in [0.3, 0.4) is 0 Å². The van der Waals surface area contributed by atoms with Crippen molar-refractivity contribution in [3.05, 3.63) is 76.5 Å². The van der Waals surface area contributed by atoms with Crippen LogP contribution in [0.5, 0.6) is 0 Å². The molecule has 2 aromatic carbocycles. The van der Waals surface area contributed by atoms with Gasteiger partial charge in [0.15, 0.2) is 5.13 Å². The van der Waals surface area contributed by atoms with Crippen molar-refractivity contribution < 1.29 is 19.1 Å². The Morgan fingerprint density at radius 2 is 1.81 bits per heavy atom. The highest BCUT2D eigenvalue weighted by atomic mass is 32.1. The van der Waals surface area contributed by atoms with Crippen LogP contribution in [0, 0.1) is 5.82 Å². The van der Waals surface area contributed by atoms with Gasteiger partial charge in [0.05, 0.1) is 17.9 Å². The summed E-state index contributed by atoms with van der Waals surface area (Å²) < 4.78 is 14.7. The number of aliphatic carboxylic acids is 1. The van der Waals surface area contributed by atoms with E-state index in [0.29, 0.717) is 22.9 Å². The lowest BCUT2D eigenvalue weighted by atomic mass is 9.93. The van der Waals surface area contributed by atoms with E-state index < -0.39 is 17.9 Å². The Balaban J connectivity index is 1.87. The zero-order valence-corrected chi connectivity index (χ0v) is 19.2. The summed E-state index contributed by atoms with van der Waals surface area (Å²) in [6.07, 6.45) is 0. The maximum absolute atomic E-state index is 14.7. The van der Waals surface area contributed by atoms with Gasteiger partial charge in [-0.2, -0.15) is 0 Å². The van der Waals surface area contributed by atoms with Crippen LogP contribution in [0.4, 0.5) is 15.2 Å². The number of hydrogen-bond donors (Lipinski definition) is 2. The van der Waals surface area contributed by atoms with Crippen LogP contribution in [0.1, 0.15) is 49.3 Å². The minimum absolute atomic E-state index is 0.127. The van der Waals surface area contributed by atoms with E-state index in [0.717, 1.165) is 11.3 Å². The number of rotatable bonds is 7. The number of aromatic nitrogens is 1. The number of anilines is 2. The van der Waals surface area contributed by atoms with Crippen molar-refractivity contribution in [2.24, 2.45) is 0 Å². The first kappa shape index (κ1) is 23.4. The summed E-state index contributed by atoms with van der Waals surface area (Å²) in [7, 11) is 0. The van der Waals surface area contributed by atoms with E-state index in [9.17, 15) is 14.0 Å². The van der Waals surface area contributed by atoms with E-state index in [4.69, 9.17) is 10.1 Å². The van der Waals surface area contributed by atoms with Gasteiger partial charge in [0, 0.05) is 16.4 Å². The topological polar surface area (TPSA) is 82.5 Å². The fraction of sp³-hybridized carbons (Fsp3) is 0.292. The Labute approximate surface area is 190 Å². The molecule has 3 aromatic rings. The standard InChI is InChI=1S/C24H26FN3O3S/c1-15(22(30)31)26-21(29)17-11-9-16(10-12-17)13-28(19-8-6-5-7-18(19)25)23-27-20(14-32-23)24(2,3)4/h5-12,14-15H,13H2,1-4H3,(H,26,29)(H,30,31). The maximum atomic E-state index is 14.7. The average molecular weight is 456 g/mol. The first-order valence-electron chi connectivity index (χ1n) is 10.2. The van der Waals surface area contributed by atoms with Crippen molar-refractivity contribution in [2.75, 3.05) is 4.90 Å². The molecule has 6 nitrogen and oxygen atoms in total. The van der Waals surface area contributed by atoms with E-state index in [1.165, 1.54) is 24.3 Å². The molecule has 0 spiro atoms. The number of carbonyl (C=O) groups excluding carboxylic acids is 1. The lowest BCUT2D eigenvalue weighted by Gasteiger charge is -2.23. The molecule has 1 aromatic heterocycles. The van der Waals surface area contributed by atoms with Gasteiger partial charge in [-0.15, -0.1) is 11.3 Å². The van der Waals surface area contributed by atoms with Crippen molar-refractivity contribution in [3.63, 3.8) is 0 Å². The number of benzene rings is 2. The molecule has 0 aliphatic heterocycles. The van der Waals surface area contributed by atoms with Gasteiger partial charge in [-0.1, -0.05) is 45.0 Å². The number of nitrogens with one attached hydrogen (secondary N) is 1. The number of thiazole rings is 1. The number of halogens is 1. The summed E-state index contributed by atoms with van der Waals surface area (Å²) in [4.78, 5) is 29.7. The highest BCUT2D eigenvalue weighted by Gasteiger charge is 2.22. The van der Waals surface area contributed by atoms with E-state index in [1.807, 2.05) is 10.3 Å². The summed E-state index contributed by atoms with van der Waals surface area (Å²) in [5.41, 5.74) is 2.42. The van der Waals surface area contributed by atoms with Crippen LogP contribution in [-0.4, -0.2) is 28.0 Å². The third kappa shape index (κ3) is 5.50. The molecule has 2 N–H and O–H groups in total. The SMILES string of the molecule is CC(NC(=O)c1ccc(CN(c2nc(C(C)(C)C)cs2)c2ccccc2F)cc1)C(=O)O. The zero-order valence-electron chi connectivity index (χ0n) is 18.4. The van der Waals surface area contributed by atoms with Crippen molar-refractivity contribution >= 4 is 34.0 Å². The van der Waals surface area contributed by atoms with E-state index >= 15 is 0 Å². The first-order chi connectivity index (χ1) is 15.1. The summed E-state index contributed by atoms with van der Waals surface area (Å²) in [5.74, 6) is -1.92. The van der Waals surface area contributed by atoms with Gasteiger partial charge in [0.2, 0.25) is 0 Å². The molecule has 32 heavy (non-hydrogen) atoms. The Hall–Kier alpha value is -3.26. The Bertz CT molecular complexity index is 1110. The summed E-state index contributed by atoms with van der Waals surface area (Å²) in [6.45, 7) is 7.99. The molecule has 1 atom stereocenters. The number of carbonyl (C=O) groups is 2.